The molecule has 0 unspecified atom stereocenters. The van der Waals surface area contributed by atoms with Crippen LogP contribution in [-0.2, 0) is 16.1 Å². The molecule has 0 bridgehead atoms. The molecule has 4 aromatic rings. The highest BCUT2D eigenvalue weighted by Crippen LogP contribution is 2.23. The fourth-order valence-corrected chi connectivity index (χ4v) is 3.75. The Hall–Kier alpha value is -4.26. The Labute approximate surface area is 197 Å². The Balaban J connectivity index is 1.56. The van der Waals surface area contributed by atoms with Gasteiger partial charge in [0.1, 0.15) is 0 Å². The summed E-state index contributed by atoms with van der Waals surface area (Å²) >= 11 is 0. The number of rotatable bonds is 7. The van der Waals surface area contributed by atoms with Gasteiger partial charge < -0.3 is 10.1 Å². The Morgan fingerprint density at radius 1 is 0.912 bits per heavy atom. The van der Waals surface area contributed by atoms with Gasteiger partial charge in [-0.05, 0) is 29.2 Å². The molecule has 0 radical (unpaired) electrons. The van der Waals surface area contributed by atoms with Crippen LogP contribution in [0.4, 0.5) is 5.69 Å². The van der Waals surface area contributed by atoms with Crippen molar-refractivity contribution in [1.29, 1.82) is 0 Å². The van der Waals surface area contributed by atoms with E-state index in [-0.39, 0.29) is 23.7 Å². The summed E-state index contributed by atoms with van der Waals surface area (Å²) in [6.45, 7) is 3.80. The van der Waals surface area contributed by atoms with E-state index in [2.05, 4.69) is 10.4 Å². The quantitative estimate of drug-likeness (QED) is 0.418. The van der Waals surface area contributed by atoms with Crippen LogP contribution in [0, 0.1) is 0 Å². The van der Waals surface area contributed by atoms with Crippen molar-refractivity contribution in [3.8, 4) is 0 Å². The SMILES string of the molecule is CC(C)c1ccccc1NC(=O)COC(=O)c1nn(Cc2ccccc2)c(=O)c2ccccc12. The van der Waals surface area contributed by atoms with Crippen LogP contribution >= 0.6 is 0 Å². The number of aromatic nitrogens is 2. The van der Waals surface area contributed by atoms with E-state index in [9.17, 15) is 14.4 Å². The van der Waals surface area contributed by atoms with E-state index < -0.39 is 18.5 Å². The molecule has 1 aromatic heterocycles. The summed E-state index contributed by atoms with van der Waals surface area (Å²) in [4.78, 5) is 38.4. The van der Waals surface area contributed by atoms with Crippen LogP contribution < -0.4 is 10.9 Å². The number of carbonyl (C=O) groups is 2. The molecule has 1 amide bonds. The largest absolute Gasteiger partial charge is 0.451 e. The van der Waals surface area contributed by atoms with Crippen LogP contribution in [0.1, 0.15) is 41.4 Å². The van der Waals surface area contributed by atoms with Crippen LogP contribution in [0.15, 0.2) is 83.7 Å². The summed E-state index contributed by atoms with van der Waals surface area (Å²) in [6.07, 6.45) is 0. The highest BCUT2D eigenvalue weighted by atomic mass is 16.5. The Morgan fingerprint density at radius 3 is 2.29 bits per heavy atom. The summed E-state index contributed by atoms with van der Waals surface area (Å²) in [5.74, 6) is -1.01. The number of benzene rings is 3. The van der Waals surface area contributed by atoms with Gasteiger partial charge in [-0.15, -0.1) is 0 Å². The Kier molecular flexibility index (Phi) is 6.82. The number of esters is 1. The fourth-order valence-electron chi connectivity index (χ4n) is 3.75. The third kappa shape index (κ3) is 5.04. The van der Waals surface area contributed by atoms with Crippen LogP contribution in [0.3, 0.4) is 0 Å². The maximum absolute atomic E-state index is 12.9. The van der Waals surface area contributed by atoms with Crippen molar-refractivity contribution in [3.63, 3.8) is 0 Å². The van der Waals surface area contributed by atoms with Crippen molar-refractivity contribution in [3.05, 3.63) is 106 Å². The Morgan fingerprint density at radius 2 is 1.56 bits per heavy atom. The summed E-state index contributed by atoms with van der Waals surface area (Å²) in [5.41, 5.74) is 2.22. The second-order valence-electron chi connectivity index (χ2n) is 8.21. The van der Waals surface area contributed by atoms with Crippen LogP contribution in [-0.4, -0.2) is 28.3 Å². The maximum Gasteiger partial charge on any atom is 0.359 e. The molecule has 4 rings (SSSR count). The lowest BCUT2D eigenvalue weighted by Gasteiger charge is -2.14. The van der Waals surface area contributed by atoms with Crippen molar-refractivity contribution < 1.29 is 14.3 Å². The van der Waals surface area contributed by atoms with E-state index in [1.165, 1.54) is 4.68 Å². The molecule has 7 heteroatoms. The number of anilines is 1. The standard InChI is InChI=1S/C27H25N3O4/c1-18(2)20-12-8-9-15-23(20)28-24(31)17-34-27(33)25-21-13-6-7-14-22(21)26(32)30(29-25)16-19-10-4-3-5-11-19/h3-15,18H,16-17H2,1-2H3,(H,28,31). The molecule has 34 heavy (non-hydrogen) atoms. The van der Waals surface area contributed by atoms with E-state index in [0.717, 1.165) is 11.1 Å². The number of hydrogen-bond acceptors (Lipinski definition) is 5. The van der Waals surface area contributed by atoms with Gasteiger partial charge >= 0.3 is 5.97 Å². The van der Waals surface area contributed by atoms with Gasteiger partial charge in [0.15, 0.2) is 12.3 Å². The van der Waals surface area contributed by atoms with Gasteiger partial charge in [-0.3, -0.25) is 9.59 Å². The van der Waals surface area contributed by atoms with Crippen molar-refractivity contribution in [1.82, 2.24) is 9.78 Å². The molecule has 0 saturated heterocycles. The molecule has 0 aliphatic carbocycles. The molecule has 0 fully saturated rings. The number of carbonyl (C=O) groups excluding carboxylic acids is 2. The van der Waals surface area contributed by atoms with Gasteiger partial charge in [0.05, 0.1) is 11.9 Å². The summed E-state index contributed by atoms with van der Waals surface area (Å²) in [5, 5.41) is 7.83. The van der Waals surface area contributed by atoms with Crippen molar-refractivity contribution in [2.45, 2.75) is 26.3 Å². The molecular weight excluding hydrogens is 430 g/mol. The van der Waals surface area contributed by atoms with Crippen molar-refractivity contribution in [2.24, 2.45) is 0 Å². The molecule has 0 spiro atoms. The predicted molar refractivity (Wildman–Crippen MR) is 131 cm³/mol. The lowest BCUT2D eigenvalue weighted by molar-refractivity contribution is -0.119. The molecule has 0 aliphatic heterocycles. The molecular formula is C27H25N3O4. The first-order chi connectivity index (χ1) is 16.4. The molecule has 1 N–H and O–H groups in total. The summed E-state index contributed by atoms with van der Waals surface area (Å²) in [7, 11) is 0. The van der Waals surface area contributed by atoms with E-state index in [1.807, 2.05) is 68.4 Å². The average molecular weight is 456 g/mol. The molecule has 0 atom stereocenters. The third-order valence-corrected chi connectivity index (χ3v) is 5.43. The van der Waals surface area contributed by atoms with E-state index >= 15 is 0 Å². The van der Waals surface area contributed by atoms with E-state index in [4.69, 9.17) is 4.74 Å². The van der Waals surface area contributed by atoms with Gasteiger partial charge in [-0.2, -0.15) is 5.10 Å². The first-order valence-corrected chi connectivity index (χ1v) is 11.0. The normalized spacial score (nSPS) is 10.9. The van der Waals surface area contributed by atoms with Crippen LogP contribution in [0.5, 0.6) is 0 Å². The smallest absolute Gasteiger partial charge is 0.359 e. The van der Waals surface area contributed by atoms with E-state index in [0.29, 0.717) is 16.5 Å². The van der Waals surface area contributed by atoms with Crippen LogP contribution in [0.2, 0.25) is 0 Å². The molecule has 1 heterocycles. The minimum Gasteiger partial charge on any atom is -0.451 e. The van der Waals surface area contributed by atoms with Gasteiger partial charge in [0, 0.05) is 11.1 Å². The van der Waals surface area contributed by atoms with Gasteiger partial charge in [-0.25, -0.2) is 9.48 Å². The number of amides is 1. The fraction of sp³-hybridized carbons (Fsp3) is 0.185. The number of fused-ring (bicyclic) bond motifs is 1. The molecule has 172 valence electrons. The second kappa shape index (κ2) is 10.1. The summed E-state index contributed by atoms with van der Waals surface area (Å²) in [6, 6.07) is 23.6. The minimum atomic E-state index is -0.773. The third-order valence-electron chi connectivity index (χ3n) is 5.43. The first kappa shape index (κ1) is 22.9. The number of para-hydroxylation sites is 1. The molecule has 0 aliphatic rings. The van der Waals surface area contributed by atoms with Crippen LogP contribution in [0.25, 0.3) is 10.8 Å². The number of hydrogen-bond donors (Lipinski definition) is 1. The zero-order valence-electron chi connectivity index (χ0n) is 19.0. The average Bonchev–Trinajstić information content (AvgIpc) is 2.85. The highest BCUT2D eigenvalue weighted by Gasteiger charge is 2.19. The topological polar surface area (TPSA) is 90.3 Å². The lowest BCUT2D eigenvalue weighted by atomic mass is 10.0. The van der Waals surface area contributed by atoms with E-state index in [1.54, 1.807) is 24.3 Å². The highest BCUT2D eigenvalue weighted by molar-refractivity contribution is 6.03. The number of nitrogens with one attached hydrogen (secondary N) is 1. The van der Waals surface area contributed by atoms with Crippen molar-refractivity contribution >= 4 is 28.3 Å². The summed E-state index contributed by atoms with van der Waals surface area (Å²) < 4.78 is 6.53. The predicted octanol–water partition coefficient (Wildman–Crippen LogP) is 4.36. The monoisotopic (exact) mass is 455 g/mol. The zero-order chi connectivity index (χ0) is 24.1. The second-order valence-corrected chi connectivity index (χ2v) is 8.21. The maximum atomic E-state index is 12.9. The number of ether oxygens (including phenoxy) is 1. The molecule has 0 saturated carbocycles. The molecule has 7 nitrogen and oxygen atoms in total. The van der Waals surface area contributed by atoms with Crippen molar-refractivity contribution in [2.75, 3.05) is 11.9 Å². The molecule has 3 aromatic carbocycles. The zero-order valence-corrected chi connectivity index (χ0v) is 19.0. The first-order valence-electron chi connectivity index (χ1n) is 11.0. The Bertz CT molecular complexity index is 1390. The van der Waals surface area contributed by atoms with Gasteiger partial charge in [0.2, 0.25) is 0 Å². The van der Waals surface area contributed by atoms with Gasteiger partial charge in [0.25, 0.3) is 11.5 Å². The lowest BCUT2D eigenvalue weighted by Crippen LogP contribution is -2.28. The number of nitrogens with zero attached hydrogens (tertiary/aromatic N) is 2. The van der Waals surface area contributed by atoms with Gasteiger partial charge in [-0.1, -0.05) is 80.6 Å². The minimum absolute atomic E-state index is 0.0125.